The first-order valence-corrected chi connectivity index (χ1v) is 7.55. The molecule has 1 N–H and O–H groups in total. The summed E-state index contributed by atoms with van der Waals surface area (Å²) in [6.45, 7) is 2.75. The van der Waals surface area contributed by atoms with Crippen LogP contribution >= 0.6 is 0 Å². The Morgan fingerprint density at radius 1 is 1.13 bits per heavy atom. The summed E-state index contributed by atoms with van der Waals surface area (Å²) in [4.78, 5) is 13.9. The van der Waals surface area contributed by atoms with Gasteiger partial charge in [0.2, 0.25) is 0 Å². The summed E-state index contributed by atoms with van der Waals surface area (Å²) in [6.07, 6.45) is 0. The summed E-state index contributed by atoms with van der Waals surface area (Å²) in [6, 6.07) is 16.8. The second-order valence-electron chi connectivity index (χ2n) is 5.77. The predicted molar refractivity (Wildman–Crippen MR) is 90.5 cm³/mol. The average Bonchev–Trinajstić information content (AvgIpc) is 2.54. The molecule has 4 nitrogen and oxygen atoms in total. The minimum absolute atomic E-state index is 0.0869. The molecule has 3 rings (SSSR count). The largest absolute Gasteiger partial charge is 0.508 e. The first-order chi connectivity index (χ1) is 11.0. The van der Waals surface area contributed by atoms with Crippen LogP contribution in [-0.4, -0.2) is 17.1 Å². The number of rotatable bonds is 4. The summed E-state index contributed by atoms with van der Waals surface area (Å²) in [5, 5.41) is 10.4. The lowest BCUT2D eigenvalue weighted by atomic mass is 10.1. The molecule has 0 saturated heterocycles. The van der Waals surface area contributed by atoms with Crippen LogP contribution < -0.4 is 5.63 Å². The Labute approximate surface area is 134 Å². The third-order valence-corrected chi connectivity index (χ3v) is 4.18. The first kappa shape index (κ1) is 15.3. The van der Waals surface area contributed by atoms with Gasteiger partial charge in [0.1, 0.15) is 11.3 Å². The molecule has 4 heteroatoms. The number of hydrogen-bond acceptors (Lipinski definition) is 4. The maximum atomic E-state index is 11.8. The maximum Gasteiger partial charge on any atom is 0.336 e. The van der Waals surface area contributed by atoms with Gasteiger partial charge in [-0.15, -0.1) is 0 Å². The van der Waals surface area contributed by atoms with Crippen LogP contribution in [0.4, 0.5) is 0 Å². The van der Waals surface area contributed by atoms with Crippen molar-refractivity contribution in [2.45, 2.75) is 19.5 Å². The number of benzene rings is 2. The second-order valence-corrected chi connectivity index (χ2v) is 5.77. The van der Waals surface area contributed by atoms with Crippen LogP contribution in [0.1, 0.15) is 24.1 Å². The number of hydrogen-bond donors (Lipinski definition) is 1. The number of phenolic OH excluding ortho intramolecular Hbond substituents is 1. The second kappa shape index (κ2) is 6.26. The van der Waals surface area contributed by atoms with Crippen LogP contribution in [0.2, 0.25) is 0 Å². The molecular formula is C19H19NO3. The summed E-state index contributed by atoms with van der Waals surface area (Å²) >= 11 is 0. The van der Waals surface area contributed by atoms with Crippen molar-refractivity contribution in [1.82, 2.24) is 4.90 Å². The van der Waals surface area contributed by atoms with E-state index in [9.17, 15) is 9.90 Å². The molecular weight excluding hydrogens is 290 g/mol. The lowest BCUT2D eigenvalue weighted by Gasteiger charge is -2.25. The van der Waals surface area contributed by atoms with E-state index in [2.05, 4.69) is 24.0 Å². The molecule has 0 aliphatic carbocycles. The molecule has 0 amide bonds. The highest BCUT2D eigenvalue weighted by Crippen LogP contribution is 2.25. The monoisotopic (exact) mass is 309 g/mol. The van der Waals surface area contributed by atoms with Crippen LogP contribution in [0.3, 0.4) is 0 Å². The summed E-state index contributed by atoms with van der Waals surface area (Å²) < 4.78 is 5.18. The Morgan fingerprint density at radius 3 is 2.61 bits per heavy atom. The molecule has 1 unspecified atom stereocenters. The Hall–Kier alpha value is -2.59. The molecule has 0 radical (unpaired) electrons. The van der Waals surface area contributed by atoms with Crippen molar-refractivity contribution >= 4 is 11.0 Å². The van der Waals surface area contributed by atoms with Crippen LogP contribution in [-0.2, 0) is 6.54 Å². The van der Waals surface area contributed by atoms with Crippen LogP contribution in [0, 0.1) is 0 Å². The van der Waals surface area contributed by atoms with E-state index in [0.717, 1.165) is 10.9 Å². The zero-order valence-electron chi connectivity index (χ0n) is 13.2. The van der Waals surface area contributed by atoms with Gasteiger partial charge in [-0.1, -0.05) is 30.3 Å². The van der Waals surface area contributed by atoms with E-state index in [-0.39, 0.29) is 11.8 Å². The van der Waals surface area contributed by atoms with Gasteiger partial charge >= 0.3 is 5.63 Å². The Bertz CT molecular complexity index is 871. The summed E-state index contributed by atoms with van der Waals surface area (Å²) in [5.74, 6) is 0.0869. The van der Waals surface area contributed by atoms with Crippen molar-refractivity contribution in [3.63, 3.8) is 0 Å². The first-order valence-electron chi connectivity index (χ1n) is 7.55. The SMILES string of the molecule is CC(c1ccccc1)N(C)Cc1cc(=O)oc2cc(O)ccc12. The van der Waals surface area contributed by atoms with Crippen molar-refractivity contribution in [2.75, 3.05) is 7.05 Å². The van der Waals surface area contributed by atoms with Crippen molar-refractivity contribution in [2.24, 2.45) is 0 Å². The zero-order chi connectivity index (χ0) is 16.4. The van der Waals surface area contributed by atoms with Gasteiger partial charge in [0, 0.05) is 30.1 Å². The lowest BCUT2D eigenvalue weighted by Crippen LogP contribution is -2.22. The van der Waals surface area contributed by atoms with Gasteiger partial charge < -0.3 is 9.52 Å². The molecule has 0 bridgehead atoms. The molecule has 0 aliphatic rings. The third-order valence-electron chi connectivity index (χ3n) is 4.18. The maximum absolute atomic E-state index is 11.8. The average molecular weight is 309 g/mol. The van der Waals surface area contributed by atoms with Crippen molar-refractivity contribution < 1.29 is 9.52 Å². The Morgan fingerprint density at radius 2 is 1.87 bits per heavy atom. The lowest BCUT2D eigenvalue weighted by molar-refractivity contribution is 0.253. The Balaban J connectivity index is 1.93. The fraction of sp³-hybridized carbons (Fsp3) is 0.211. The quantitative estimate of drug-likeness (QED) is 0.747. The predicted octanol–water partition coefficient (Wildman–Crippen LogP) is 3.69. The molecule has 1 heterocycles. The summed E-state index contributed by atoms with van der Waals surface area (Å²) in [5.41, 5.74) is 2.12. The van der Waals surface area contributed by atoms with E-state index < -0.39 is 5.63 Å². The summed E-state index contributed by atoms with van der Waals surface area (Å²) in [7, 11) is 2.03. The van der Waals surface area contributed by atoms with Gasteiger partial charge in [-0.3, -0.25) is 4.90 Å². The highest BCUT2D eigenvalue weighted by atomic mass is 16.4. The van der Waals surface area contributed by atoms with E-state index in [1.165, 1.54) is 17.7 Å². The van der Waals surface area contributed by atoms with E-state index in [1.54, 1.807) is 12.1 Å². The van der Waals surface area contributed by atoms with E-state index in [4.69, 9.17) is 4.42 Å². The van der Waals surface area contributed by atoms with Crippen LogP contribution in [0.25, 0.3) is 11.0 Å². The van der Waals surface area contributed by atoms with Crippen LogP contribution in [0.15, 0.2) is 63.8 Å². The van der Waals surface area contributed by atoms with Crippen molar-refractivity contribution in [3.05, 3.63) is 76.1 Å². The molecule has 1 atom stereocenters. The number of nitrogens with zero attached hydrogens (tertiary/aromatic N) is 1. The molecule has 1 aromatic heterocycles. The number of phenols is 1. The van der Waals surface area contributed by atoms with E-state index in [0.29, 0.717) is 12.1 Å². The van der Waals surface area contributed by atoms with Crippen LogP contribution in [0.5, 0.6) is 5.75 Å². The van der Waals surface area contributed by atoms with E-state index in [1.807, 2.05) is 25.2 Å². The molecule has 2 aromatic carbocycles. The fourth-order valence-corrected chi connectivity index (χ4v) is 2.74. The Kier molecular flexibility index (Phi) is 4.17. The molecule has 23 heavy (non-hydrogen) atoms. The third kappa shape index (κ3) is 3.27. The normalized spacial score (nSPS) is 12.7. The van der Waals surface area contributed by atoms with Gasteiger partial charge in [0.25, 0.3) is 0 Å². The molecule has 0 fully saturated rings. The molecule has 3 aromatic rings. The highest BCUT2D eigenvalue weighted by Gasteiger charge is 2.14. The number of fused-ring (bicyclic) bond motifs is 1. The van der Waals surface area contributed by atoms with Gasteiger partial charge in [0.15, 0.2) is 0 Å². The topological polar surface area (TPSA) is 53.7 Å². The smallest absolute Gasteiger partial charge is 0.336 e. The van der Waals surface area contributed by atoms with Gasteiger partial charge in [-0.25, -0.2) is 4.79 Å². The minimum atomic E-state index is -0.404. The standard InChI is InChI=1S/C19H19NO3/c1-13(14-6-4-3-5-7-14)20(2)12-15-10-19(22)23-18-11-16(21)8-9-17(15)18/h3-11,13,21H,12H2,1-2H3. The minimum Gasteiger partial charge on any atom is -0.508 e. The fourth-order valence-electron chi connectivity index (χ4n) is 2.74. The van der Waals surface area contributed by atoms with Crippen molar-refractivity contribution in [3.8, 4) is 5.75 Å². The van der Waals surface area contributed by atoms with Gasteiger partial charge in [0.05, 0.1) is 0 Å². The highest BCUT2D eigenvalue weighted by molar-refractivity contribution is 5.81. The van der Waals surface area contributed by atoms with Gasteiger partial charge in [-0.05, 0) is 37.2 Å². The number of aromatic hydroxyl groups is 1. The molecule has 0 saturated carbocycles. The molecule has 0 aliphatic heterocycles. The molecule has 118 valence electrons. The van der Waals surface area contributed by atoms with Gasteiger partial charge in [-0.2, -0.15) is 0 Å². The zero-order valence-corrected chi connectivity index (χ0v) is 13.2. The molecule has 0 spiro atoms. The van der Waals surface area contributed by atoms with E-state index >= 15 is 0 Å². The van der Waals surface area contributed by atoms with Crippen molar-refractivity contribution in [1.29, 1.82) is 0 Å².